The lowest BCUT2D eigenvalue weighted by molar-refractivity contribution is -0.870. The molecule has 0 saturated heterocycles. The summed E-state index contributed by atoms with van der Waals surface area (Å²) in [5.41, 5.74) is 0. The van der Waals surface area contributed by atoms with Gasteiger partial charge >= 0.3 is 19.8 Å². The smallest absolute Gasteiger partial charge is 0.462 e. The van der Waals surface area contributed by atoms with Crippen molar-refractivity contribution in [1.29, 1.82) is 0 Å². The number of quaternary nitrogens is 1. The molecule has 504 valence electrons. The van der Waals surface area contributed by atoms with Crippen LogP contribution in [0.2, 0.25) is 0 Å². The van der Waals surface area contributed by atoms with Gasteiger partial charge in [-0.3, -0.25) is 18.6 Å². The van der Waals surface area contributed by atoms with Gasteiger partial charge in [0.25, 0.3) is 0 Å². The molecule has 0 aliphatic heterocycles. The molecule has 0 fully saturated rings. The minimum Gasteiger partial charge on any atom is -0.462 e. The van der Waals surface area contributed by atoms with E-state index in [4.69, 9.17) is 18.5 Å². The van der Waals surface area contributed by atoms with E-state index < -0.39 is 26.5 Å². The highest BCUT2D eigenvalue weighted by Crippen LogP contribution is 2.43. The SMILES string of the molecule is CC/C=C\C/C=C\C/C=C\C/C=C\C/C=C\C/C=C\C/C=C\C/C=C\CCCCCCCCCCCCCCCCCCC(=O)OC(COC(=O)CCCCCCCCCC/C=C\C/C=C\C/C=C\CCCCCCC)COP(=O)(O)OCC[N+](C)(C)C. The molecular formula is C78H135NO8P+. The largest absolute Gasteiger partial charge is 0.472 e. The van der Waals surface area contributed by atoms with Gasteiger partial charge in [-0.1, -0.05) is 302 Å². The number of rotatable bonds is 65. The topological polar surface area (TPSA) is 108 Å². The van der Waals surface area contributed by atoms with Crippen LogP contribution in [0.25, 0.3) is 0 Å². The molecule has 0 aromatic carbocycles. The molecule has 0 aliphatic rings. The third kappa shape index (κ3) is 71.2. The second-order valence-corrected chi connectivity index (χ2v) is 26.3. The van der Waals surface area contributed by atoms with Gasteiger partial charge in [0.2, 0.25) is 0 Å². The fourth-order valence-electron chi connectivity index (χ4n) is 9.69. The summed E-state index contributed by atoms with van der Waals surface area (Å²) in [5, 5.41) is 0. The molecule has 0 amide bonds. The first kappa shape index (κ1) is 84.2. The standard InChI is InChI=1S/C78H134NO8P/c1-6-8-10-12-14-16-18-20-22-24-26-28-30-31-32-33-34-35-36-37-38-39-40-41-42-43-44-45-46-47-49-51-53-55-57-59-61-63-65-67-69-71-78(81)87-76(75-86-88(82,83)85-73-72-79(3,4)5)74-84-77(80)70-68-66-64-62-60-58-56-54-52-50-48-29-27-25-23-21-19-17-15-13-11-9-7-2/h8,10,14,16,19-22,25-28,31-32,34-35,37-38,40-41,48,50,76H,6-7,9,11-13,15,17-18,23-24,29-30,33,36,39,42-47,49,51-75H2,1-5H3/p+1/b10-8-,16-14-,21-19-,22-20-,27-25-,28-26-,32-31-,35-34-,38-37-,41-40-,50-48-. The average molecular weight is 1250 g/mol. The summed E-state index contributed by atoms with van der Waals surface area (Å²) in [6.07, 6.45) is 98.4. The van der Waals surface area contributed by atoms with Gasteiger partial charge in [-0.2, -0.15) is 0 Å². The summed E-state index contributed by atoms with van der Waals surface area (Å²) in [5.74, 6) is -0.803. The molecule has 0 aromatic heterocycles. The molecule has 0 aromatic rings. The number of allylic oxidation sites excluding steroid dienone is 22. The van der Waals surface area contributed by atoms with Crippen molar-refractivity contribution < 1.29 is 42.1 Å². The Morgan fingerprint density at radius 3 is 0.966 bits per heavy atom. The Bertz CT molecular complexity index is 1950. The van der Waals surface area contributed by atoms with E-state index >= 15 is 0 Å². The summed E-state index contributed by atoms with van der Waals surface area (Å²) in [4.78, 5) is 35.9. The minimum absolute atomic E-state index is 0.0260. The highest BCUT2D eigenvalue weighted by atomic mass is 31.2. The third-order valence-corrected chi connectivity index (χ3v) is 16.1. The van der Waals surface area contributed by atoms with Crippen molar-refractivity contribution in [3.8, 4) is 0 Å². The zero-order chi connectivity index (χ0) is 64.1. The van der Waals surface area contributed by atoms with E-state index in [1.54, 1.807) is 0 Å². The lowest BCUT2D eigenvalue weighted by Crippen LogP contribution is -2.37. The molecule has 2 atom stereocenters. The number of hydrogen-bond acceptors (Lipinski definition) is 7. The monoisotopic (exact) mass is 1240 g/mol. The number of ether oxygens (including phenoxy) is 2. The third-order valence-electron chi connectivity index (χ3n) is 15.2. The quantitative estimate of drug-likeness (QED) is 0.0211. The fourth-order valence-corrected chi connectivity index (χ4v) is 10.4. The Hall–Kier alpha value is -3.85. The van der Waals surface area contributed by atoms with Crippen LogP contribution in [0.4, 0.5) is 0 Å². The van der Waals surface area contributed by atoms with Crippen LogP contribution in [0.1, 0.15) is 296 Å². The van der Waals surface area contributed by atoms with Crippen molar-refractivity contribution in [2.24, 2.45) is 0 Å². The molecular weight excluding hydrogens is 1110 g/mol. The molecule has 0 rings (SSSR count). The van der Waals surface area contributed by atoms with E-state index in [9.17, 15) is 19.0 Å². The molecule has 0 saturated carbocycles. The Kier molecular flexibility index (Phi) is 64.6. The number of phosphoric ester groups is 1. The van der Waals surface area contributed by atoms with Crippen LogP contribution in [0.15, 0.2) is 134 Å². The van der Waals surface area contributed by atoms with Crippen LogP contribution in [0.5, 0.6) is 0 Å². The predicted octanol–water partition coefficient (Wildman–Crippen LogP) is 23.6. The van der Waals surface area contributed by atoms with Gasteiger partial charge in [0, 0.05) is 12.8 Å². The van der Waals surface area contributed by atoms with Crippen LogP contribution >= 0.6 is 7.82 Å². The van der Waals surface area contributed by atoms with Gasteiger partial charge in [-0.25, -0.2) is 4.57 Å². The normalized spacial score (nSPS) is 13.9. The maximum Gasteiger partial charge on any atom is 0.472 e. The second-order valence-electron chi connectivity index (χ2n) is 24.9. The second kappa shape index (κ2) is 67.5. The predicted molar refractivity (Wildman–Crippen MR) is 381 cm³/mol. The number of likely N-dealkylation sites (N-methyl/N-ethyl adjacent to an activating group) is 1. The highest BCUT2D eigenvalue weighted by Gasteiger charge is 2.27. The number of phosphoric acid groups is 1. The van der Waals surface area contributed by atoms with Gasteiger partial charge in [0.15, 0.2) is 6.10 Å². The summed E-state index contributed by atoms with van der Waals surface area (Å²) in [6.45, 7) is 4.31. The van der Waals surface area contributed by atoms with Gasteiger partial charge in [-0.05, 0) is 116 Å². The number of nitrogens with zero attached hydrogens (tertiary/aromatic N) is 1. The van der Waals surface area contributed by atoms with E-state index in [1.165, 1.54) is 148 Å². The van der Waals surface area contributed by atoms with Crippen molar-refractivity contribution in [2.75, 3.05) is 47.5 Å². The summed E-state index contributed by atoms with van der Waals surface area (Å²) in [6, 6.07) is 0. The van der Waals surface area contributed by atoms with Gasteiger partial charge in [-0.15, -0.1) is 0 Å². The zero-order valence-corrected chi connectivity index (χ0v) is 58.3. The highest BCUT2D eigenvalue weighted by molar-refractivity contribution is 7.47. The van der Waals surface area contributed by atoms with Gasteiger partial charge in [0.1, 0.15) is 19.8 Å². The van der Waals surface area contributed by atoms with Crippen LogP contribution in [0, 0.1) is 0 Å². The van der Waals surface area contributed by atoms with Crippen molar-refractivity contribution in [2.45, 2.75) is 302 Å². The van der Waals surface area contributed by atoms with Crippen LogP contribution in [-0.2, 0) is 32.7 Å². The van der Waals surface area contributed by atoms with Gasteiger partial charge < -0.3 is 18.9 Å². The van der Waals surface area contributed by atoms with Crippen LogP contribution < -0.4 is 0 Å². The van der Waals surface area contributed by atoms with Crippen LogP contribution in [0.3, 0.4) is 0 Å². The number of unbranched alkanes of at least 4 members (excludes halogenated alkanes) is 29. The lowest BCUT2D eigenvalue weighted by Gasteiger charge is -2.24. The molecule has 9 nitrogen and oxygen atoms in total. The van der Waals surface area contributed by atoms with E-state index in [-0.39, 0.29) is 32.0 Å². The maximum atomic E-state index is 12.9. The zero-order valence-electron chi connectivity index (χ0n) is 57.4. The van der Waals surface area contributed by atoms with Crippen molar-refractivity contribution in [1.82, 2.24) is 0 Å². The van der Waals surface area contributed by atoms with E-state index in [1.807, 2.05) is 21.1 Å². The van der Waals surface area contributed by atoms with E-state index in [0.29, 0.717) is 17.4 Å². The first-order valence-electron chi connectivity index (χ1n) is 35.9. The Morgan fingerprint density at radius 2 is 0.648 bits per heavy atom. The molecule has 10 heteroatoms. The molecule has 1 N–H and O–H groups in total. The van der Waals surface area contributed by atoms with Crippen molar-refractivity contribution in [3.05, 3.63) is 134 Å². The average Bonchev–Trinajstić information content (AvgIpc) is 3.58. The maximum absolute atomic E-state index is 12.9. The number of esters is 2. The fraction of sp³-hybridized carbons (Fsp3) is 0.692. The summed E-state index contributed by atoms with van der Waals surface area (Å²) >= 11 is 0. The Balaban J connectivity index is 4.03. The molecule has 2 unspecified atom stereocenters. The molecule has 0 spiro atoms. The Labute approximate surface area is 542 Å². The molecule has 0 aliphatic carbocycles. The number of hydrogen-bond donors (Lipinski definition) is 1. The first-order chi connectivity index (χ1) is 43.0. The van der Waals surface area contributed by atoms with Crippen molar-refractivity contribution >= 4 is 19.8 Å². The van der Waals surface area contributed by atoms with Crippen molar-refractivity contribution in [3.63, 3.8) is 0 Å². The van der Waals surface area contributed by atoms with E-state index in [0.717, 1.165) is 116 Å². The molecule has 88 heavy (non-hydrogen) atoms. The van der Waals surface area contributed by atoms with E-state index in [2.05, 4.69) is 148 Å². The minimum atomic E-state index is -4.40. The van der Waals surface area contributed by atoms with Gasteiger partial charge in [0.05, 0.1) is 27.7 Å². The Morgan fingerprint density at radius 1 is 0.364 bits per heavy atom. The molecule has 0 bridgehead atoms. The summed E-state index contributed by atoms with van der Waals surface area (Å²) < 4.78 is 34.7. The number of carbonyl (C=O) groups is 2. The first-order valence-corrected chi connectivity index (χ1v) is 37.4. The molecule has 0 heterocycles. The summed E-state index contributed by atoms with van der Waals surface area (Å²) in [7, 11) is 1.47. The number of carbonyl (C=O) groups excluding carboxylic acids is 2. The lowest BCUT2D eigenvalue weighted by atomic mass is 10.0. The molecule has 0 radical (unpaired) electrons. The van der Waals surface area contributed by atoms with Crippen LogP contribution in [-0.4, -0.2) is 74.9 Å².